The van der Waals surface area contributed by atoms with Crippen molar-refractivity contribution in [1.29, 1.82) is 5.26 Å². The summed E-state index contributed by atoms with van der Waals surface area (Å²) in [5.74, 6) is 0.631. The van der Waals surface area contributed by atoms with Crippen LogP contribution in [-0.4, -0.2) is 41.4 Å². The number of furan rings is 1. The van der Waals surface area contributed by atoms with E-state index < -0.39 is 0 Å². The number of nitrogens with zero attached hydrogens (tertiary/aromatic N) is 3. The Kier molecular flexibility index (Phi) is 7.36. The van der Waals surface area contributed by atoms with Crippen molar-refractivity contribution in [2.45, 2.75) is 34.2 Å². The number of aromatic nitrogens is 1. The maximum Gasteiger partial charge on any atom is 0.239 e. The zero-order valence-electron chi connectivity index (χ0n) is 19.7. The quantitative estimate of drug-likeness (QED) is 0.547. The summed E-state index contributed by atoms with van der Waals surface area (Å²) < 4.78 is 7.30. The van der Waals surface area contributed by atoms with Gasteiger partial charge < -0.3 is 19.6 Å². The summed E-state index contributed by atoms with van der Waals surface area (Å²) in [6.07, 6.45) is 1.59. The van der Waals surface area contributed by atoms with Crippen molar-refractivity contribution < 1.29 is 14.0 Å². The van der Waals surface area contributed by atoms with Crippen molar-refractivity contribution in [3.8, 4) is 6.07 Å². The predicted octanol–water partition coefficient (Wildman–Crippen LogP) is 3.74. The van der Waals surface area contributed by atoms with E-state index in [0.717, 1.165) is 28.1 Å². The van der Waals surface area contributed by atoms with Gasteiger partial charge in [-0.1, -0.05) is 12.1 Å². The van der Waals surface area contributed by atoms with Gasteiger partial charge in [0.05, 0.1) is 31.5 Å². The molecule has 0 radical (unpaired) electrons. The van der Waals surface area contributed by atoms with Gasteiger partial charge in [0, 0.05) is 11.4 Å². The number of carbonyl (C=O) groups excluding carboxylic acids is 2. The molecule has 33 heavy (non-hydrogen) atoms. The highest BCUT2D eigenvalue weighted by atomic mass is 16.3. The van der Waals surface area contributed by atoms with E-state index >= 15 is 0 Å². The van der Waals surface area contributed by atoms with Gasteiger partial charge >= 0.3 is 0 Å². The van der Waals surface area contributed by atoms with Crippen molar-refractivity contribution in [2.24, 2.45) is 0 Å². The summed E-state index contributed by atoms with van der Waals surface area (Å²) in [4.78, 5) is 26.9. The van der Waals surface area contributed by atoms with E-state index in [1.165, 1.54) is 0 Å². The molecule has 8 nitrogen and oxygen atoms in total. The molecule has 3 aromatic rings. The van der Waals surface area contributed by atoms with E-state index in [2.05, 4.69) is 16.7 Å². The molecule has 0 aliphatic rings. The predicted molar refractivity (Wildman–Crippen MR) is 127 cm³/mol. The van der Waals surface area contributed by atoms with Crippen molar-refractivity contribution in [3.63, 3.8) is 0 Å². The van der Waals surface area contributed by atoms with Gasteiger partial charge in [-0.2, -0.15) is 5.26 Å². The number of nitriles is 1. The Morgan fingerprint density at radius 3 is 2.36 bits per heavy atom. The van der Waals surface area contributed by atoms with Crippen molar-refractivity contribution >= 4 is 23.3 Å². The van der Waals surface area contributed by atoms with Crippen LogP contribution < -0.4 is 10.6 Å². The highest BCUT2D eigenvalue weighted by Crippen LogP contribution is 2.27. The summed E-state index contributed by atoms with van der Waals surface area (Å²) in [7, 11) is 1.70. The lowest BCUT2D eigenvalue weighted by molar-refractivity contribution is -0.119. The van der Waals surface area contributed by atoms with E-state index in [1.54, 1.807) is 24.3 Å². The number of likely N-dealkylation sites (N-methyl/N-ethyl adjacent to an activating group) is 1. The average molecular weight is 448 g/mol. The SMILES string of the molecule is Cc1cccc(NC(=O)CN(C)CC(=O)Nc2c(C#N)c(C)c(C)n2Cc2ccco2)c1C. The molecule has 2 N–H and O–H groups in total. The normalized spacial score (nSPS) is 10.8. The average Bonchev–Trinajstić information content (AvgIpc) is 3.34. The second kappa shape index (κ2) is 10.2. The van der Waals surface area contributed by atoms with E-state index in [9.17, 15) is 14.9 Å². The van der Waals surface area contributed by atoms with E-state index in [-0.39, 0.29) is 24.9 Å². The zero-order valence-corrected chi connectivity index (χ0v) is 19.7. The van der Waals surface area contributed by atoms with Crippen LogP contribution in [0.1, 0.15) is 33.7 Å². The third kappa shape index (κ3) is 5.51. The lowest BCUT2D eigenvalue weighted by Gasteiger charge is -2.18. The van der Waals surface area contributed by atoms with Crippen LogP contribution in [0, 0.1) is 39.0 Å². The fraction of sp³-hybridized carbons (Fsp3) is 0.320. The number of anilines is 2. The highest BCUT2D eigenvalue weighted by Gasteiger charge is 2.21. The summed E-state index contributed by atoms with van der Waals surface area (Å²) in [6, 6.07) is 11.6. The van der Waals surface area contributed by atoms with Crippen LogP contribution in [-0.2, 0) is 16.1 Å². The van der Waals surface area contributed by atoms with Crippen molar-refractivity contribution in [2.75, 3.05) is 30.8 Å². The number of hydrogen-bond acceptors (Lipinski definition) is 5. The van der Waals surface area contributed by atoms with E-state index in [1.807, 2.05) is 56.5 Å². The van der Waals surface area contributed by atoms with Crippen LogP contribution in [0.5, 0.6) is 0 Å². The second-order valence-electron chi connectivity index (χ2n) is 8.23. The molecule has 0 saturated carbocycles. The first-order valence-corrected chi connectivity index (χ1v) is 10.7. The monoisotopic (exact) mass is 447 g/mol. The van der Waals surface area contributed by atoms with Crippen LogP contribution in [0.2, 0.25) is 0 Å². The lowest BCUT2D eigenvalue weighted by atomic mass is 10.1. The van der Waals surface area contributed by atoms with Crippen molar-refractivity contribution in [3.05, 3.63) is 70.3 Å². The number of carbonyl (C=O) groups is 2. The molecule has 8 heteroatoms. The summed E-state index contributed by atoms with van der Waals surface area (Å²) in [5, 5.41) is 15.4. The minimum Gasteiger partial charge on any atom is -0.467 e. The van der Waals surface area contributed by atoms with Crippen LogP contribution >= 0.6 is 0 Å². The molecule has 0 atom stereocenters. The Hall–Kier alpha value is -3.83. The molecular weight excluding hydrogens is 418 g/mol. The molecule has 0 spiro atoms. The molecule has 172 valence electrons. The molecular formula is C25H29N5O3. The van der Waals surface area contributed by atoms with Crippen LogP contribution in [0.4, 0.5) is 11.5 Å². The van der Waals surface area contributed by atoms with E-state index in [4.69, 9.17) is 4.42 Å². The van der Waals surface area contributed by atoms with Crippen LogP contribution in [0.3, 0.4) is 0 Å². The van der Waals surface area contributed by atoms with Gasteiger partial charge in [-0.3, -0.25) is 14.5 Å². The fourth-order valence-electron chi connectivity index (χ4n) is 3.68. The molecule has 0 bridgehead atoms. The van der Waals surface area contributed by atoms with Gasteiger partial charge in [0.25, 0.3) is 0 Å². The van der Waals surface area contributed by atoms with Gasteiger partial charge in [0.2, 0.25) is 11.8 Å². The largest absolute Gasteiger partial charge is 0.467 e. The maximum atomic E-state index is 12.8. The molecule has 3 rings (SSSR count). The second-order valence-corrected chi connectivity index (χ2v) is 8.23. The Bertz CT molecular complexity index is 1200. The minimum absolute atomic E-state index is 0.00485. The zero-order chi connectivity index (χ0) is 24.1. The number of benzene rings is 1. The third-order valence-electron chi connectivity index (χ3n) is 5.80. The Balaban J connectivity index is 1.66. The molecule has 2 amide bonds. The summed E-state index contributed by atoms with van der Waals surface area (Å²) in [5.41, 5.74) is 4.97. The molecule has 0 aliphatic carbocycles. The minimum atomic E-state index is -0.313. The lowest BCUT2D eigenvalue weighted by Crippen LogP contribution is -2.36. The molecule has 0 fully saturated rings. The van der Waals surface area contributed by atoms with Gasteiger partial charge in [-0.25, -0.2) is 0 Å². The molecule has 1 aromatic carbocycles. The van der Waals surface area contributed by atoms with Crippen LogP contribution in [0.15, 0.2) is 41.0 Å². The summed E-state index contributed by atoms with van der Waals surface area (Å²) in [6.45, 7) is 8.14. The molecule has 0 unspecified atom stereocenters. The van der Waals surface area contributed by atoms with Gasteiger partial charge in [-0.05, 0) is 69.6 Å². The summed E-state index contributed by atoms with van der Waals surface area (Å²) >= 11 is 0. The molecule has 0 aliphatic heterocycles. The molecule has 0 saturated heterocycles. The van der Waals surface area contributed by atoms with E-state index in [0.29, 0.717) is 23.7 Å². The van der Waals surface area contributed by atoms with Gasteiger partial charge in [0.1, 0.15) is 17.6 Å². The topological polar surface area (TPSA) is 103 Å². The first-order valence-electron chi connectivity index (χ1n) is 10.7. The Morgan fingerprint density at radius 2 is 1.73 bits per heavy atom. The third-order valence-corrected chi connectivity index (χ3v) is 5.80. The number of aryl methyl sites for hydroxylation is 1. The first-order chi connectivity index (χ1) is 15.7. The fourth-order valence-corrected chi connectivity index (χ4v) is 3.68. The standard InChI is InChI=1S/C25H29N5O3/c1-16-8-6-10-22(17(16)2)27-23(31)14-29(5)15-24(32)28-25-21(12-26)18(3)19(4)30(25)13-20-9-7-11-33-20/h6-11H,13-15H2,1-5H3,(H,27,31)(H,28,32). The van der Waals surface area contributed by atoms with Gasteiger partial charge in [0.15, 0.2) is 0 Å². The number of nitrogens with one attached hydrogen (secondary N) is 2. The number of rotatable bonds is 8. The highest BCUT2D eigenvalue weighted by molar-refractivity contribution is 5.95. The molecule has 2 heterocycles. The Morgan fingerprint density at radius 1 is 1.03 bits per heavy atom. The number of hydrogen-bond donors (Lipinski definition) is 2. The first kappa shape index (κ1) is 23.8. The van der Waals surface area contributed by atoms with Gasteiger partial charge in [-0.15, -0.1) is 0 Å². The van der Waals surface area contributed by atoms with Crippen molar-refractivity contribution in [1.82, 2.24) is 9.47 Å². The number of amides is 2. The molecule has 2 aromatic heterocycles. The Labute approximate surface area is 193 Å². The maximum absolute atomic E-state index is 12.8. The smallest absolute Gasteiger partial charge is 0.239 e. The van der Waals surface area contributed by atoms with Crippen LogP contribution in [0.25, 0.3) is 0 Å².